The molecule has 3 aromatic rings. The third kappa shape index (κ3) is 4.54. The molecule has 2 heterocycles. The van der Waals surface area contributed by atoms with Crippen LogP contribution >= 0.6 is 11.3 Å². The molecule has 0 aliphatic carbocycles. The molecule has 2 amide bonds. The molecule has 0 radical (unpaired) electrons. The highest BCUT2D eigenvalue weighted by atomic mass is 32.1. The average Bonchev–Trinajstić information content (AvgIpc) is 3.35. The zero-order valence-electron chi connectivity index (χ0n) is 14.3. The van der Waals surface area contributed by atoms with Crippen molar-refractivity contribution in [2.24, 2.45) is 0 Å². The molecule has 2 aromatic heterocycles. The summed E-state index contributed by atoms with van der Waals surface area (Å²) in [5.41, 5.74) is 1.89. The Hall–Kier alpha value is -3.00. The second-order valence-corrected chi connectivity index (χ2v) is 6.65. The Bertz CT molecular complexity index is 844. The topological polar surface area (TPSA) is 88.9 Å². The molecule has 1 atom stereocenters. The van der Waals surface area contributed by atoms with Crippen molar-refractivity contribution in [2.45, 2.75) is 19.4 Å². The average molecular weight is 369 g/mol. The van der Waals surface area contributed by atoms with E-state index in [2.05, 4.69) is 20.7 Å². The molecule has 0 saturated carbocycles. The molecule has 3 rings (SSSR count). The lowest BCUT2D eigenvalue weighted by Crippen LogP contribution is -2.31. The quantitative estimate of drug-likeness (QED) is 0.669. The maximum absolute atomic E-state index is 12.1. The van der Waals surface area contributed by atoms with Gasteiger partial charge in [-0.1, -0.05) is 18.2 Å². The summed E-state index contributed by atoms with van der Waals surface area (Å²) in [7, 11) is 0. The predicted octanol–water partition coefficient (Wildman–Crippen LogP) is 2.33. The number of amides is 2. The lowest BCUT2D eigenvalue weighted by Gasteiger charge is -2.15. The van der Waals surface area contributed by atoms with Gasteiger partial charge in [0.25, 0.3) is 5.91 Å². The van der Waals surface area contributed by atoms with Gasteiger partial charge in [-0.2, -0.15) is 5.10 Å². The lowest BCUT2D eigenvalue weighted by molar-refractivity contribution is -0.121. The molecule has 1 aromatic carbocycles. The van der Waals surface area contributed by atoms with Crippen molar-refractivity contribution in [3.05, 3.63) is 64.9 Å². The molecule has 0 fully saturated rings. The van der Waals surface area contributed by atoms with Gasteiger partial charge in [0, 0.05) is 13.0 Å². The fourth-order valence-corrected chi connectivity index (χ4v) is 3.08. The monoisotopic (exact) mass is 369 g/mol. The number of hydrogen-bond donors (Lipinski definition) is 2. The Morgan fingerprint density at radius 3 is 2.69 bits per heavy atom. The van der Waals surface area contributed by atoms with E-state index in [0.717, 1.165) is 11.3 Å². The normalized spacial score (nSPS) is 11.7. The van der Waals surface area contributed by atoms with Crippen molar-refractivity contribution in [2.75, 3.05) is 6.54 Å². The van der Waals surface area contributed by atoms with Gasteiger partial charge in [-0.05, 0) is 36.1 Å². The summed E-state index contributed by atoms with van der Waals surface area (Å²) < 4.78 is 1.67. The van der Waals surface area contributed by atoms with E-state index in [0.29, 0.717) is 11.4 Å². The van der Waals surface area contributed by atoms with Gasteiger partial charge in [0.1, 0.15) is 12.7 Å². The number of carbonyl (C=O) groups excluding carboxylic acids is 2. The Morgan fingerprint density at radius 2 is 2.04 bits per heavy atom. The van der Waals surface area contributed by atoms with E-state index in [-0.39, 0.29) is 24.3 Å². The first-order valence-electron chi connectivity index (χ1n) is 8.19. The smallest absolute Gasteiger partial charge is 0.261 e. The van der Waals surface area contributed by atoms with Crippen LogP contribution in [0.3, 0.4) is 0 Å². The summed E-state index contributed by atoms with van der Waals surface area (Å²) >= 11 is 1.38. The number of thiophene rings is 1. The van der Waals surface area contributed by atoms with Crippen LogP contribution in [-0.4, -0.2) is 33.1 Å². The number of rotatable bonds is 7. The van der Waals surface area contributed by atoms with E-state index in [4.69, 9.17) is 0 Å². The molecular weight excluding hydrogens is 350 g/mol. The highest BCUT2D eigenvalue weighted by Gasteiger charge is 2.11. The second-order valence-electron chi connectivity index (χ2n) is 5.70. The molecule has 2 N–H and O–H groups in total. The molecule has 8 heteroatoms. The van der Waals surface area contributed by atoms with Gasteiger partial charge < -0.3 is 10.6 Å². The van der Waals surface area contributed by atoms with E-state index in [1.165, 1.54) is 17.7 Å². The fourth-order valence-electron chi connectivity index (χ4n) is 2.44. The standard InChI is InChI=1S/C18H19N5O2S/c1-13(14-4-6-15(7-5-14)23-12-19-11-21-23)22-17(24)8-9-20-18(25)16-3-2-10-26-16/h2-7,10-13H,8-9H2,1H3,(H,20,25)(H,22,24). The molecular formula is C18H19N5O2S. The Morgan fingerprint density at radius 1 is 1.23 bits per heavy atom. The maximum Gasteiger partial charge on any atom is 0.261 e. The van der Waals surface area contributed by atoms with Crippen molar-refractivity contribution < 1.29 is 9.59 Å². The molecule has 134 valence electrons. The number of nitrogens with zero attached hydrogens (tertiary/aromatic N) is 3. The van der Waals surface area contributed by atoms with Crippen molar-refractivity contribution in [1.29, 1.82) is 0 Å². The first-order chi connectivity index (χ1) is 12.6. The largest absolute Gasteiger partial charge is 0.351 e. The van der Waals surface area contributed by atoms with Gasteiger partial charge in [0.2, 0.25) is 5.91 Å². The first kappa shape index (κ1) is 17.8. The van der Waals surface area contributed by atoms with Gasteiger partial charge >= 0.3 is 0 Å². The van der Waals surface area contributed by atoms with Crippen LogP contribution in [0.4, 0.5) is 0 Å². The molecule has 0 aliphatic rings. The second kappa shape index (κ2) is 8.39. The summed E-state index contributed by atoms with van der Waals surface area (Å²) in [6, 6.07) is 11.2. The molecule has 0 bridgehead atoms. The number of nitrogens with one attached hydrogen (secondary N) is 2. The number of aromatic nitrogens is 3. The van der Waals surface area contributed by atoms with Crippen LogP contribution in [-0.2, 0) is 4.79 Å². The van der Waals surface area contributed by atoms with Crippen LogP contribution in [0.2, 0.25) is 0 Å². The van der Waals surface area contributed by atoms with Crippen LogP contribution in [0.25, 0.3) is 5.69 Å². The van der Waals surface area contributed by atoms with E-state index >= 15 is 0 Å². The van der Waals surface area contributed by atoms with Gasteiger partial charge in [-0.25, -0.2) is 9.67 Å². The molecule has 1 unspecified atom stereocenters. The minimum Gasteiger partial charge on any atom is -0.351 e. The van der Waals surface area contributed by atoms with Crippen molar-refractivity contribution >= 4 is 23.2 Å². The maximum atomic E-state index is 12.1. The van der Waals surface area contributed by atoms with Gasteiger partial charge in [-0.15, -0.1) is 11.3 Å². The first-order valence-corrected chi connectivity index (χ1v) is 9.07. The highest BCUT2D eigenvalue weighted by Crippen LogP contribution is 2.15. The van der Waals surface area contributed by atoms with Gasteiger partial charge in [0.15, 0.2) is 0 Å². The Labute approximate surface area is 155 Å². The summed E-state index contributed by atoms with van der Waals surface area (Å²) in [6.07, 6.45) is 3.34. The highest BCUT2D eigenvalue weighted by molar-refractivity contribution is 7.12. The number of benzene rings is 1. The van der Waals surface area contributed by atoms with E-state index in [1.807, 2.05) is 42.6 Å². The summed E-state index contributed by atoms with van der Waals surface area (Å²) in [6.45, 7) is 2.23. The van der Waals surface area contributed by atoms with E-state index in [1.54, 1.807) is 17.1 Å². The molecule has 0 saturated heterocycles. The van der Waals surface area contributed by atoms with Crippen molar-refractivity contribution in [3.8, 4) is 5.69 Å². The van der Waals surface area contributed by atoms with Crippen LogP contribution in [0.1, 0.15) is 34.6 Å². The summed E-state index contributed by atoms with van der Waals surface area (Å²) in [5.74, 6) is -0.256. The minimum absolute atomic E-state index is 0.107. The number of hydrogen-bond acceptors (Lipinski definition) is 5. The van der Waals surface area contributed by atoms with Gasteiger partial charge in [0.05, 0.1) is 16.6 Å². The van der Waals surface area contributed by atoms with E-state index < -0.39 is 0 Å². The van der Waals surface area contributed by atoms with Crippen LogP contribution in [0, 0.1) is 0 Å². The predicted molar refractivity (Wildman–Crippen MR) is 99.2 cm³/mol. The summed E-state index contributed by atoms with van der Waals surface area (Å²) in [4.78, 5) is 28.4. The molecule has 26 heavy (non-hydrogen) atoms. The zero-order valence-corrected chi connectivity index (χ0v) is 15.1. The third-order valence-corrected chi connectivity index (χ3v) is 4.71. The lowest BCUT2D eigenvalue weighted by atomic mass is 10.1. The van der Waals surface area contributed by atoms with Crippen LogP contribution in [0.15, 0.2) is 54.4 Å². The van der Waals surface area contributed by atoms with Gasteiger partial charge in [-0.3, -0.25) is 9.59 Å². The van der Waals surface area contributed by atoms with Crippen LogP contribution < -0.4 is 10.6 Å². The van der Waals surface area contributed by atoms with Crippen LogP contribution in [0.5, 0.6) is 0 Å². The fraction of sp³-hybridized carbons (Fsp3) is 0.222. The Balaban J connectivity index is 1.45. The van der Waals surface area contributed by atoms with Crippen molar-refractivity contribution in [3.63, 3.8) is 0 Å². The van der Waals surface area contributed by atoms with Crippen molar-refractivity contribution in [1.82, 2.24) is 25.4 Å². The zero-order chi connectivity index (χ0) is 18.4. The molecule has 0 spiro atoms. The van der Waals surface area contributed by atoms with E-state index in [9.17, 15) is 9.59 Å². The molecule has 0 aliphatic heterocycles. The number of carbonyl (C=O) groups is 2. The SMILES string of the molecule is CC(NC(=O)CCNC(=O)c1cccs1)c1ccc(-n2cncn2)cc1. The minimum atomic E-state index is -0.149. The third-order valence-electron chi connectivity index (χ3n) is 3.84. The summed E-state index contributed by atoms with van der Waals surface area (Å²) in [5, 5.41) is 11.6. The molecule has 7 nitrogen and oxygen atoms in total. The Kier molecular flexibility index (Phi) is 5.75.